The van der Waals surface area contributed by atoms with Crippen LogP contribution in [0.2, 0.25) is 0 Å². The zero-order valence-corrected chi connectivity index (χ0v) is 8.67. The summed E-state index contributed by atoms with van der Waals surface area (Å²) < 4.78 is 13.2. The molecule has 2 aromatic rings. The maximum absolute atomic E-state index is 13.2. The Bertz CT molecular complexity index is 476. The standard InChI is InChI=1S/C11H8FN2S/c1-2-8(12)10-3-4-11(15-10)9-7-13-5-6-14-9/h2-7H,1H2/b8-2+. The number of allylic oxidation sites excluding steroid dienone is 1. The van der Waals surface area contributed by atoms with Gasteiger partial charge in [0.1, 0.15) is 5.83 Å². The van der Waals surface area contributed by atoms with E-state index in [0.717, 1.165) is 10.6 Å². The van der Waals surface area contributed by atoms with Gasteiger partial charge in [-0.25, -0.2) is 4.39 Å². The second kappa shape index (κ2) is 4.31. The molecule has 0 spiro atoms. The van der Waals surface area contributed by atoms with Crippen LogP contribution in [-0.2, 0) is 0 Å². The van der Waals surface area contributed by atoms with Crippen LogP contribution >= 0.6 is 11.3 Å². The third-order valence-corrected chi connectivity index (χ3v) is 2.95. The molecule has 2 aromatic heterocycles. The lowest BCUT2D eigenvalue weighted by molar-refractivity contribution is 0.764. The van der Waals surface area contributed by atoms with Gasteiger partial charge in [0.05, 0.1) is 21.6 Å². The summed E-state index contributed by atoms with van der Waals surface area (Å²) in [6, 6.07) is 3.54. The third-order valence-electron chi connectivity index (χ3n) is 1.84. The van der Waals surface area contributed by atoms with E-state index in [2.05, 4.69) is 16.9 Å². The molecule has 2 rings (SSSR count). The van der Waals surface area contributed by atoms with Crippen LogP contribution in [0.5, 0.6) is 0 Å². The van der Waals surface area contributed by atoms with Crippen LogP contribution in [-0.4, -0.2) is 9.97 Å². The Balaban J connectivity index is 2.36. The number of thiophene rings is 1. The number of aromatic nitrogens is 2. The molecule has 0 bridgehead atoms. The topological polar surface area (TPSA) is 25.8 Å². The highest BCUT2D eigenvalue weighted by Crippen LogP contribution is 2.30. The SMILES string of the molecule is [CH2]/C=C(/F)c1ccc(-c2cnccn2)s1. The second-order valence-electron chi connectivity index (χ2n) is 2.81. The van der Waals surface area contributed by atoms with Gasteiger partial charge in [-0.3, -0.25) is 9.97 Å². The Morgan fingerprint density at radius 3 is 2.93 bits per heavy atom. The van der Waals surface area contributed by atoms with Crippen molar-refractivity contribution in [2.24, 2.45) is 0 Å². The second-order valence-corrected chi connectivity index (χ2v) is 3.89. The minimum Gasteiger partial charge on any atom is -0.261 e. The quantitative estimate of drug-likeness (QED) is 0.774. The first kappa shape index (κ1) is 9.98. The van der Waals surface area contributed by atoms with Crippen LogP contribution < -0.4 is 0 Å². The van der Waals surface area contributed by atoms with Crippen molar-refractivity contribution in [1.82, 2.24) is 9.97 Å². The largest absolute Gasteiger partial charge is 0.261 e. The summed E-state index contributed by atoms with van der Waals surface area (Å²) in [4.78, 5) is 9.56. The van der Waals surface area contributed by atoms with Crippen LogP contribution in [0.25, 0.3) is 16.4 Å². The zero-order valence-electron chi connectivity index (χ0n) is 7.85. The molecule has 0 atom stereocenters. The van der Waals surface area contributed by atoms with Gasteiger partial charge in [-0.05, 0) is 25.1 Å². The lowest BCUT2D eigenvalue weighted by Gasteiger charge is -1.93. The van der Waals surface area contributed by atoms with E-state index in [4.69, 9.17) is 0 Å². The molecule has 4 heteroatoms. The number of rotatable bonds is 2. The van der Waals surface area contributed by atoms with Gasteiger partial charge >= 0.3 is 0 Å². The summed E-state index contributed by atoms with van der Waals surface area (Å²) in [5.74, 6) is -0.310. The van der Waals surface area contributed by atoms with Gasteiger partial charge in [0, 0.05) is 12.4 Å². The zero-order chi connectivity index (χ0) is 10.7. The number of nitrogens with zero attached hydrogens (tertiary/aromatic N) is 2. The molecule has 0 amide bonds. The van der Waals surface area contributed by atoms with Crippen molar-refractivity contribution in [2.75, 3.05) is 0 Å². The van der Waals surface area contributed by atoms with E-state index in [0.29, 0.717) is 4.88 Å². The van der Waals surface area contributed by atoms with Gasteiger partial charge < -0.3 is 0 Å². The Kier molecular flexibility index (Phi) is 2.87. The molecule has 0 saturated heterocycles. The van der Waals surface area contributed by atoms with E-state index in [1.807, 2.05) is 6.07 Å². The molecule has 0 aliphatic heterocycles. The highest BCUT2D eigenvalue weighted by atomic mass is 32.1. The molecule has 15 heavy (non-hydrogen) atoms. The van der Waals surface area contributed by atoms with Gasteiger partial charge in [0.15, 0.2) is 0 Å². The first-order valence-electron chi connectivity index (χ1n) is 4.33. The fraction of sp³-hybridized carbons (Fsp3) is 0. The van der Waals surface area contributed by atoms with E-state index in [-0.39, 0.29) is 5.83 Å². The summed E-state index contributed by atoms with van der Waals surface area (Å²) in [5, 5.41) is 0. The Morgan fingerprint density at radius 1 is 1.40 bits per heavy atom. The summed E-state index contributed by atoms with van der Waals surface area (Å²) >= 11 is 1.33. The molecule has 1 radical (unpaired) electrons. The Morgan fingerprint density at radius 2 is 2.27 bits per heavy atom. The van der Waals surface area contributed by atoms with Crippen LogP contribution in [0.3, 0.4) is 0 Å². The average molecular weight is 219 g/mol. The summed E-state index contributed by atoms with van der Waals surface area (Å²) in [6.07, 6.45) is 6.07. The van der Waals surface area contributed by atoms with Gasteiger partial charge in [-0.15, -0.1) is 11.3 Å². The molecule has 0 aromatic carbocycles. The maximum Gasteiger partial charge on any atom is 0.136 e. The van der Waals surface area contributed by atoms with Gasteiger partial charge in [-0.1, -0.05) is 0 Å². The van der Waals surface area contributed by atoms with Crippen molar-refractivity contribution in [3.05, 3.63) is 48.6 Å². The third kappa shape index (κ3) is 2.10. The lowest BCUT2D eigenvalue weighted by Crippen LogP contribution is -1.79. The summed E-state index contributed by atoms with van der Waals surface area (Å²) in [5.41, 5.74) is 0.755. The summed E-state index contributed by atoms with van der Waals surface area (Å²) in [7, 11) is 0. The first-order valence-corrected chi connectivity index (χ1v) is 5.14. The van der Waals surface area contributed by atoms with Gasteiger partial charge in [0.2, 0.25) is 0 Å². The molecule has 0 aliphatic rings. The number of hydrogen-bond acceptors (Lipinski definition) is 3. The molecular formula is C11H8FN2S. The van der Waals surface area contributed by atoms with Crippen molar-refractivity contribution >= 4 is 17.2 Å². The predicted molar refractivity (Wildman–Crippen MR) is 59.8 cm³/mol. The Labute approximate surface area is 91.1 Å². The summed E-state index contributed by atoms with van der Waals surface area (Å²) in [6.45, 7) is 3.39. The van der Waals surface area contributed by atoms with Gasteiger partial charge in [0.25, 0.3) is 0 Å². The molecule has 75 valence electrons. The van der Waals surface area contributed by atoms with Crippen molar-refractivity contribution in [2.45, 2.75) is 0 Å². The minimum atomic E-state index is -0.310. The van der Waals surface area contributed by atoms with Crippen molar-refractivity contribution in [3.8, 4) is 10.6 Å². The van der Waals surface area contributed by atoms with E-state index in [9.17, 15) is 4.39 Å². The van der Waals surface area contributed by atoms with E-state index in [1.54, 1.807) is 24.7 Å². The fourth-order valence-corrected chi connectivity index (χ4v) is 2.03. The first-order chi connectivity index (χ1) is 7.31. The minimum absolute atomic E-state index is 0.310. The molecular weight excluding hydrogens is 211 g/mol. The van der Waals surface area contributed by atoms with Crippen LogP contribution in [0.15, 0.2) is 36.8 Å². The Hall–Kier alpha value is -1.55. The average Bonchev–Trinajstić information content (AvgIpc) is 2.78. The molecule has 0 N–H and O–H groups in total. The highest BCUT2D eigenvalue weighted by Gasteiger charge is 2.06. The number of halogens is 1. The van der Waals surface area contributed by atoms with Gasteiger partial charge in [-0.2, -0.15) is 0 Å². The molecule has 0 saturated carbocycles. The molecule has 2 nitrogen and oxygen atoms in total. The van der Waals surface area contributed by atoms with E-state index < -0.39 is 0 Å². The number of hydrogen-bond donors (Lipinski definition) is 0. The van der Waals surface area contributed by atoms with Crippen LogP contribution in [0.4, 0.5) is 4.39 Å². The lowest BCUT2D eigenvalue weighted by atomic mass is 10.3. The maximum atomic E-state index is 13.2. The molecule has 2 heterocycles. The van der Waals surface area contributed by atoms with Crippen molar-refractivity contribution in [1.29, 1.82) is 0 Å². The van der Waals surface area contributed by atoms with E-state index in [1.165, 1.54) is 17.4 Å². The predicted octanol–water partition coefficient (Wildman–Crippen LogP) is 3.35. The van der Waals surface area contributed by atoms with Crippen molar-refractivity contribution < 1.29 is 4.39 Å². The van der Waals surface area contributed by atoms with E-state index >= 15 is 0 Å². The smallest absolute Gasteiger partial charge is 0.136 e. The monoisotopic (exact) mass is 219 g/mol. The molecule has 0 aliphatic carbocycles. The highest BCUT2D eigenvalue weighted by molar-refractivity contribution is 7.16. The normalized spacial score (nSPS) is 11.7. The van der Waals surface area contributed by atoms with Crippen LogP contribution in [0, 0.1) is 6.92 Å². The van der Waals surface area contributed by atoms with Crippen molar-refractivity contribution in [3.63, 3.8) is 0 Å². The van der Waals surface area contributed by atoms with Crippen LogP contribution in [0.1, 0.15) is 4.88 Å². The molecule has 0 unspecified atom stereocenters. The molecule has 0 fully saturated rings. The fourth-order valence-electron chi connectivity index (χ4n) is 1.13.